The fourth-order valence-electron chi connectivity index (χ4n) is 2.76. The number of methoxy groups -OCH3 is 1. The van der Waals surface area contributed by atoms with E-state index < -0.39 is 17.5 Å². The first kappa shape index (κ1) is 12.7. The van der Waals surface area contributed by atoms with Crippen LogP contribution in [0.5, 0.6) is 5.75 Å². The molecule has 4 heteroatoms. The lowest BCUT2D eigenvalue weighted by Crippen LogP contribution is -2.30. The van der Waals surface area contributed by atoms with Crippen LogP contribution >= 0.6 is 0 Å². The van der Waals surface area contributed by atoms with Crippen LogP contribution in [0, 0.1) is 5.92 Å². The SMILES string of the molecule is COc1ccc2c(c1)CC1=C[C@H](C)C(=O)C(=O)C1=C2O. The number of rotatable bonds is 1. The first-order chi connectivity index (χ1) is 9.52. The zero-order valence-electron chi connectivity index (χ0n) is 11.3. The molecule has 0 heterocycles. The number of ketones is 2. The van der Waals surface area contributed by atoms with Crippen molar-refractivity contribution >= 4 is 17.3 Å². The van der Waals surface area contributed by atoms with Gasteiger partial charge in [0.25, 0.3) is 0 Å². The van der Waals surface area contributed by atoms with Gasteiger partial charge in [0.2, 0.25) is 11.6 Å². The molecular weight excluding hydrogens is 256 g/mol. The van der Waals surface area contributed by atoms with Crippen molar-refractivity contribution in [2.24, 2.45) is 5.92 Å². The van der Waals surface area contributed by atoms with Gasteiger partial charge in [0.15, 0.2) is 0 Å². The fourth-order valence-corrected chi connectivity index (χ4v) is 2.76. The van der Waals surface area contributed by atoms with Crippen LogP contribution in [0.2, 0.25) is 0 Å². The summed E-state index contributed by atoms with van der Waals surface area (Å²) in [6.07, 6.45) is 2.28. The van der Waals surface area contributed by atoms with Gasteiger partial charge in [0.1, 0.15) is 11.5 Å². The molecule has 1 aromatic rings. The van der Waals surface area contributed by atoms with Crippen LogP contribution in [0.25, 0.3) is 5.76 Å². The summed E-state index contributed by atoms with van der Waals surface area (Å²) in [6, 6.07) is 5.28. The van der Waals surface area contributed by atoms with Crippen LogP contribution < -0.4 is 4.74 Å². The Morgan fingerprint density at radius 2 is 2.05 bits per heavy atom. The molecule has 2 aliphatic carbocycles. The molecule has 0 aliphatic heterocycles. The summed E-state index contributed by atoms with van der Waals surface area (Å²) in [7, 11) is 1.58. The number of hydrogen-bond acceptors (Lipinski definition) is 4. The Kier molecular flexibility index (Phi) is 2.74. The van der Waals surface area contributed by atoms with E-state index in [1.54, 1.807) is 32.2 Å². The summed E-state index contributed by atoms with van der Waals surface area (Å²) in [6.45, 7) is 1.70. The second kappa shape index (κ2) is 4.34. The largest absolute Gasteiger partial charge is 0.507 e. The summed E-state index contributed by atoms with van der Waals surface area (Å²) in [5.74, 6) is -0.889. The van der Waals surface area contributed by atoms with Gasteiger partial charge < -0.3 is 9.84 Å². The molecule has 0 amide bonds. The van der Waals surface area contributed by atoms with E-state index in [-0.39, 0.29) is 11.3 Å². The maximum atomic E-state index is 12.1. The number of benzene rings is 1. The minimum atomic E-state index is -0.589. The fraction of sp³-hybridized carbons (Fsp3) is 0.250. The number of fused-ring (bicyclic) bond motifs is 2. The first-order valence-electron chi connectivity index (χ1n) is 6.43. The lowest BCUT2D eigenvalue weighted by atomic mass is 9.77. The molecule has 4 nitrogen and oxygen atoms in total. The lowest BCUT2D eigenvalue weighted by Gasteiger charge is -2.26. The number of carbonyl (C=O) groups excluding carboxylic acids is 2. The van der Waals surface area contributed by atoms with Crippen molar-refractivity contribution in [1.29, 1.82) is 0 Å². The number of allylic oxidation sites excluding steroid dienone is 3. The number of Topliss-reactive ketones (excluding diaryl/α,β-unsaturated/α-hetero) is 2. The van der Waals surface area contributed by atoms with E-state index in [4.69, 9.17) is 4.74 Å². The Morgan fingerprint density at radius 3 is 2.75 bits per heavy atom. The molecule has 0 saturated heterocycles. The van der Waals surface area contributed by atoms with E-state index in [1.807, 2.05) is 6.07 Å². The van der Waals surface area contributed by atoms with Gasteiger partial charge in [0.05, 0.1) is 12.7 Å². The summed E-state index contributed by atoms with van der Waals surface area (Å²) in [5, 5.41) is 10.3. The summed E-state index contributed by atoms with van der Waals surface area (Å²) in [4.78, 5) is 23.9. The number of aliphatic hydroxyl groups excluding tert-OH is 1. The number of carbonyl (C=O) groups is 2. The summed E-state index contributed by atoms with van der Waals surface area (Å²) < 4.78 is 5.17. The van der Waals surface area contributed by atoms with E-state index in [9.17, 15) is 14.7 Å². The Hall–Kier alpha value is -2.36. The maximum absolute atomic E-state index is 12.1. The van der Waals surface area contributed by atoms with Crippen molar-refractivity contribution in [2.45, 2.75) is 13.3 Å². The third-order valence-electron chi connectivity index (χ3n) is 3.82. The molecule has 2 aliphatic rings. The van der Waals surface area contributed by atoms with E-state index >= 15 is 0 Å². The Balaban J connectivity index is 2.22. The highest BCUT2D eigenvalue weighted by atomic mass is 16.5. The molecule has 1 N–H and O–H groups in total. The van der Waals surface area contributed by atoms with E-state index in [1.165, 1.54) is 0 Å². The topological polar surface area (TPSA) is 63.6 Å². The quantitative estimate of drug-likeness (QED) is 0.795. The number of ether oxygens (including phenoxy) is 1. The second-order valence-corrected chi connectivity index (χ2v) is 5.10. The maximum Gasteiger partial charge on any atom is 0.233 e. The molecule has 102 valence electrons. The number of aliphatic hydroxyl groups is 1. The molecule has 0 aromatic heterocycles. The molecule has 0 unspecified atom stereocenters. The van der Waals surface area contributed by atoms with Gasteiger partial charge in [-0.2, -0.15) is 0 Å². The van der Waals surface area contributed by atoms with Gasteiger partial charge in [-0.15, -0.1) is 0 Å². The standard InChI is InChI=1S/C16H14O4/c1-8-5-10-6-9-7-11(20-2)3-4-12(9)15(18)13(10)16(19)14(8)17/h3-5,7-8,18H,6H2,1-2H3/t8-/m0/s1. The predicted molar refractivity (Wildman–Crippen MR) is 73.5 cm³/mol. The third-order valence-corrected chi connectivity index (χ3v) is 3.82. The smallest absolute Gasteiger partial charge is 0.233 e. The summed E-state index contributed by atoms with van der Waals surface area (Å²) >= 11 is 0. The van der Waals surface area contributed by atoms with Crippen LogP contribution in [0.4, 0.5) is 0 Å². The van der Waals surface area contributed by atoms with Crippen molar-refractivity contribution in [3.8, 4) is 5.75 Å². The van der Waals surface area contributed by atoms with Gasteiger partial charge >= 0.3 is 0 Å². The monoisotopic (exact) mass is 270 g/mol. The van der Waals surface area contributed by atoms with Crippen molar-refractivity contribution in [3.05, 3.63) is 46.5 Å². The van der Waals surface area contributed by atoms with Gasteiger partial charge in [-0.25, -0.2) is 0 Å². The molecule has 0 bridgehead atoms. The molecule has 0 saturated carbocycles. The predicted octanol–water partition coefficient (Wildman–Crippen LogP) is 2.23. The van der Waals surface area contributed by atoms with Crippen molar-refractivity contribution in [3.63, 3.8) is 0 Å². The highest BCUT2D eigenvalue weighted by molar-refractivity contribution is 6.47. The van der Waals surface area contributed by atoms with E-state index in [0.717, 1.165) is 11.1 Å². The van der Waals surface area contributed by atoms with Crippen molar-refractivity contribution in [1.82, 2.24) is 0 Å². The number of hydrogen-bond donors (Lipinski definition) is 1. The molecule has 1 atom stereocenters. The van der Waals surface area contributed by atoms with Gasteiger partial charge in [0, 0.05) is 11.5 Å². The minimum Gasteiger partial charge on any atom is -0.507 e. The Bertz CT molecular complexity index is 694. The Labute approximate surface area is 116 Å². The average Bonchev–Trinajstić information content (AvgIpc) is 2.44. The zero-order chi connectivity index (χ0) is 14.4. The van der Waals surface area contributed by atoms with Gasteiger partial charge in [-0.1, -0.05) is 13.0 Å². The van der Waals surface area contributed by atoms with E-state index in [0.29, 0.717) is 17.7 Å². The minimum absolute atomic E-state index is 0.106. The van der Waals surface area contributed by atoms with Gasteiger partial charge in [-0.05, 0) is 35.8 Å². The highest BCUT2D eigenvalue weighted by Gasteiger charge is 2.36. The molecule has 0 fully saturated rings. The summed E-state index contributed by atoms with van der Waals surface area (Å²) in [5.41, 5.74) is 2.37. The van der Waals surface area contributed by atoms with Crippen LogP contribution in [0.3, 0.4) is 0 Å². The lowest BCUT2D eigenvalue weighted by molar-refractivity contribution is -0.136. The van der Waals surface area contributed by atoms with Crippen LogP contribution in [-0.2, 0) is 16.0 Å². The van der Waals surface area contributed by atoms with Crippen LogP contribution in [-0.4, -0.2) is 23.8 Å². The van der Waals surface area contributed by atoms with Gasteiger partial charge in [-0.3, -0.25) is 9.59 Å². The average molecular weight is 270 g/mol. The van der Waals surface area contributed by atoms with Crippen LogP contribution in [0.15, 0.2) is 35.4 Å². The Morgan fingerprint density at radius 1 is 1.30 bits per heavy atom. The zero-order valence-corrected chi connectivity index (χ0v) is 11.3. The van der Waals surface area contributed by atoms with E-state index in [2.05, 4.69) is 0 Å². The molecular formula is C16H14O4. The molecule has 1 aromatic carbocycles. The normalized spacial score (nSPS) is 21.3. The second-order valence-electron chi connectivity index (χ2n) is 5.10. The molecule has 0 radical (unpaired) electrons. The molecule has 0 spiro atoms. The third kappa shape index (κ3) is 1.68. The van der Waals surface area contributed by atoms with Crippen LogP contribution in [0.1, 0.15) is 18.1 Å². The van der Waals surface area contributed by atoms with Crippen molar-refractivity contribution in [2.75, 3.05) is 7.11 Å². The highest BCUT2D eigenvalue weighted by Crippen LogP contribution is 2.38. The van der Waals surface area contributed by atoms with Crippen molar-refractivity contribution < 1.29 is 19.4 Å². The molecule has 3 rings (SSSR count). The first-order valence-corrected chi connectivity index (χ1v) is 6.43. The molecule has 20 heavy (non-hydrogen) atoms.